The topological polar surface area (TPSA) is 60.5 Å². The molecule has 1 aliphatic heterocycles. The molecule has 6 heteroatoms. The summed E-state index contributed by atoms with van der Waals surface area (Å²) in [5.74, 6) is 0.984. The second-order valence-electron chi connectivity index (χ2n) is 4.75. The fraction of sp³-hybridized carbons (Fsp3) is 0.462. The smallest absolute Gasteiger partial charge is 0.157 e. The molecule has 3 rings (SSSR count). The maximum absolute atomic E-state index is 8.94. The highest BCUT2D eigenvalue weighted by atomic mass is 15.3. The molecule has 2 aromatic rings. The first kappa shape index (κ1) is 11.9. The number of nitrogens with zero attached hydrogens (tertiary/aromatic N) is 6. The highest BCUT2D eigenvalue weighted by Gasteiger charge is 2.21. The van der Waals surface area contributed by atoms with Crippen molar-refractivity contribution in [1.29, 1.82) is 5.26 Å². The Kier molecular flexibility index (Phi) is 3.05. The third-order valence-electron chi connectivity index (χ3n) is 3.62. The minimum Gasteiger partial charge on any atom is -0.354 e. The molecule has 1 unspecified atom stereocenters. The van der Waals surface area contributed by atoms with Crippen molar-refractivity contribution in [2.24, 2.45) is 0 Å². The van der Waals surface area contributed by atoms with Crippen LogP contribution in [0.2, 0.25) is 0 Å². The van der Waals surface area contributed by atoms with Crippen molar-refractivity contribution in [2.45, 2.75) is 13.0 Å². The van der Waals surface area contributed by atoms with Crippen LogP contribution in [0.1, 0.15) is 6.92 Å². The summed E-state index contributed by atoms with van der Waals surface area (Å²) >= 11 is 0. The molecular formula is C13H16N6. The van der Waals surface area contributed by atoms with E-state index in [0.717, 1.165) is 37.6 Å². The van der Waals surface area contributed by atoms with E-state index >= 15 is 0 Å². The Morgan fingerprint density at radius 3 is 2.79 bits per heavy atom. The summed E-state index contributed by atoms with van der Waals surface area (Å²) in [6.45, 7) is 5.57. The average Bonchev–Trinajstić information content (AvgIpc) is 2.94. The van der Waals surface area contributed by atoms with Gasteiger partial charge in [-0.1, -0.05) is 0 Å². The average molecular weight is 256 g/mol. The molecular weight excluding hydrogens is 240 g/mol. The van der Waals surface area contributed by atoms with Crippen LogP contribution in [0.3, 0.4) is 0 Å². The third kappa shape index (κ3) is 2.25. The Balaban J connectivity index is 1.72. The van der Waals surface area contributed by atoms with Crippen LogP contribution < -0.4 is 4.90 Å². The minimum atomic E-state index is -0.00702. The van der Waals surface area contributed by atoms with Gasteiger partial charge in [-0.2, -0.15) is 10.4 Å². The van der Waals surface area contributed by atoms with Gasteiger partial charge in [0.2, 0.25) is 0 Å². The lowest BCUT2D eigenvalue weighted by atomic mass is 10.2. The van der Waals surface area contributed by atoms with Gasteiger partial charge in [0.15, 0.2) is 5.65 Å². The zero-order valence-corrected chi connectivity index (χ0v) is 10.9. The molecule has 3 heterocycles. The summed E-state index contributed by atoms with van der Waals surface area (Å²) < 4.78 is 1.76. The van der Waals surface area contributed by atoms with E-state index in [4.69, 9.17) is 5.26 Å². The third-order valence-corrected chi connectivity index (χ3v) is 3.62. The zero-order valence-electron chi connectivity index (χ0n) is 10.9. The van der Waals surface area contributed by atoms with Crippen LogP contribution in [0.15, 0.2) is 24.5 Å². The van der Waals surface area contributed by atoms with Crippen molar-refractivity contribution in [3.63, 3.8) is 0 Å². The van der Waals surface area contributed by atoms with Crippen molar-refractivity contribution in [2.75, 3.05) is 31.1 Å². The molecule has 0 saturated carbocycles. The van der Waals surface area contributed by atoms with Crippen LogP contribution in [0.4, 0.5) is 5.82 Å². The number of fused-ring (bicyclic) bond motifs is 1. The molecule has 0 radical (unpaired) electrons. The second kappa shape index (κ2) is 4.86. The highest BCUT2D eigenvalue weighted by Crippen LogP contribution is 2.15. The molecule has 2 aromatic heterocycles. The second-order valence-corrected chi connectivity index (χ2v) is 4.75. The van der Waals surface area contributed by atoms with E-state index in [9.17, 15) is 0 Å². The lowest BCUT2D eigenvalue weighted by Gasteiger charge is -2.36. The number of aromatic nitrogens is 3. The monoisotopic (exact) mass is 256 g/mol. The Bertz CT molecular complexity index is 605. The largest absolute Gasteiger partial charge is 0.354 e. The zero-order chi connectivity index (χ0) is 13.2. The van der Waals surface area contributed by atoms with Crippen LogP contribution in [0.25, 0.3) is 5.65 Å². The molecule has 6 nitrogen and oxygen atoms in total. The van der Waals surface area contributed by atoms with Crippen molar-refractivity contribution in [3.8, 4) is 6.07 Å². The molecule has 1 fully saturated rings. The van der Waals surface area contributed by atoms with Gasteiger partial charge >= 0.3 is 0 Å². The van der Waals surface area contributed by atoms with Crippen molar-refractivity contribution >= 4 is 11.5 Å². The van der Waals surface area contributed by atoms with Crippen molar-refractivity contribution in [3.05, 3.63) is 24.5 Å². The van der Waals surface area contributed by atoms with Crippen LogP contribution >= 0.6 is 0 Å². The molecule has 1 aliphatic rings. The molecule has 1 atom stereocenters. The molecule has 0 bridgehead atoms. The summed E-state index contributed by atoms with van der Waals surface area (Å²) in [5.41, 5.74) is 0.866. The number of piperazine rings is 1. The first-order valence-corrected chi connectivity index (χ1v) is 6.47. The quantitative estimate of drug-likeness (QED) is 0.794. The van der Waals surface area contributed by atoms with Gasteiger partial charge in [0, 0.05) is 38.4 Å². The van der Waals surface area contributed by atoms with E-state index in [1.807, 2.05) is 25.3 Å². The van der Waals surface area contributed by atoms with Crippen LogP contribution in [-0.2, 0) is 0 Å². The lowest BCUT2D eigenvalue weighted by Crippen LogP contribution is -2.49. The van der Waals surface area contributed by atoms with E-state index < -0.39 is 0 Å². The first-order chi connectivity index (χ1) is 9.28. The molecule has 19 heavy (non-hydrogen) atoms. The number of hydrogen-bond acceptors (Lipinski definition) is 5. The number of nitriles is 1. The summed E-state index contributed by atoms with van der Waals surface area (Å²) in [7, 11) is 0. The number of rotatable bonds is 2. The van der Waals surface area contributed by atoms with E-state index in [1.54, 1.807) is 10.7 Å². The van der Waals surface area contributed by atoms with Gasteiger partial charge < -0.3 is 4.90 Å². The fourth-order valence-electron chi connectivity index (χ4n) is 2.40. The van der Waals surface area contributed by atoms with Crippen molar-refractivity contribution in [1.82, 2.24) is 19.5 Å². The molecule has 0 spiro atoms. The molecule has 0 amide bonds. The summed E-state index contributed by atoms with van der Waals surface area (Å²) in [6.07, 6.45) is 3.68. The van der Waals surface area contributed by atoms with Crippen LogP contribution in [-0.4, -0.2) is 51.7 Å². The van der Waals surface area contributed by atoms with E-state index in [2.05, 4.69) is 26.0 Å². The molecule has 0 aromatic carbocycles. The predicted octanol–water partition coefficient (Wildman–Crippen LogP) is 0.763. The van der Waals surface area contributed by atoms with Gasteiger partial charge in [0.1, 0.15) is 5.82 Å². The molecule has 1 saturated heterocycles. The minimum absolute atomic E-state index is 0.00702. The Labute approximate surface area is 111 Å². The van der Waals surface area contributed by atoms with Gasteiger partial charge in [-0.15, -0.1) is 0 Å². The SMILES string of the molecule is CC(C#N)N1CCN(c2ccn3nccc3n2)CC1. The van der Waals surface area contributed by atoms with Gasteiger partial charge in [-0.25, -0.2) is 9.50 Å². The highest BCUT2D eigenvalue weighted by molar-refractivity contribution is 5.47. The van der Waals surface area contributed by atoms with E-state index in [0.29, 0.717) is 0 Å². The summed E-state index contributed by atoms with van der Waals surface area (Å²) in [5, 5.41) is 13.1. The summed E-state index contributed by atoms with van der Waals surface area (Å²) in [6, 6.07) is 6.17. The Morgan fingerprint density at radius 2 is 2.05 bits per heavy atom. The van der Waals surface area contributed by atoms with Gasteiger partial charge in [0.25, 0.3) is 0 Å². The molecule has 0 aliphatic carbocycles. The lowest BCUT2D eigenvalue weighted by molar-refractivity contribution is 0.231. The van der Waals surface area contributed by atoms with E-state index in [-0.39, 0.29) is 6.04 Å². The standard InChI is InChI=1S/C13H16N6/c1-11(10-14)17-6-8-18(9-7-17)12-3-5-19-13(16-12)2-4-15-19/h2-5,11H,6-9H2,1H3. The Morgan fingerprint density at radius 1 is 1.26 bits per heavy atom. The molecule has 0 N–H and O–H groups in total. The van der Waals surface area contributed by atoms with Gasteiger partial charge in [-0.3, -0.25) is 4.90 Å². The van der Waals surface area contributed by atoms with E-state index in [1.165, 1.54) is 0 Å². The number of hydrogen-bond donors (Lipinski definition) is 0. The summed E-state index contributed by atoms with van der Waals surface area (Å²) in [4.78, 5) is 9.05. The van der Waals surface area contributed by atoms with Crippen LogP contribution in [0.5, 0.6) is 0 Å². The predicted molar refractivity (Wildman–Crippen MR) is 71.8 cm³/mol. The van der Waals surface area contributed by atoms with Gasteiger partial charge in [-0.05, 0) is 13.0 Å². The maximum Gasteiger partial charge on any atom is 0.157 e. The normalized spacial score (nSPS) is 18.4. The molecule has 98 valence electrons. The van der Waals surface area contributed by atoms with Crippen molar-refractivity contribution < 1.29 is 0 Å². The fourth-order valence-corrected chi connectivity index (χ4v) is 2.40. The first-order valence-electron chi connectivity index (χ1n) is 6.47. The number of anilines is 1. The maximum atomic E-state index is 8.94. The van der Waals surface area contributed by atoms with Gasteiger partial charge in [0.05, 0.1) is 18.3 Å². The Hall–Kier alpha value is -2.13. The van der Waals surface area contributed by atoms with Crippen LogP contribution in [0, 0.1) is 11.3 Å².